The summed E-state index contributed by atoms with van der Waals surface area (Å²) < 4.78 is 0. The van der Waals surface area contributed by atoms with Gasteiger partial charge in [-0.3, -0.25) is 19.9 Å². The van der Waals surface area contributed by atoms with Crippen molar-refractivity contribution < 1.29 is 0 Å². The normalized spacial score (nSPS) is 15.3. The number of hydrogen-bond acceptors (Lipinski definition) is 4. The van der Waals surface area contributed by atoms with Gasteiger partial charge in [0.05, 0.1) is 0 Å². The van der Waals surface area contributed by atoms with Gasteiger partial charge >= 0.3 is 0 Å². The molecule has 0 bridgehead atoms. The standard InChI is InChI=1S/C50H34N4/c1-5-13-41-37(9-1)47(45(33-17-25-51-26-18-33)34-19-27-52-28-20-34)38-10-2-6-14-42(38)49(41)50-43-15-7-3-11-39(43)48(40-12-4-8-16-44(40)50)46(35-21-29-53-30-22-35)36-23-31-54-32-24-36/h1-32,49-50H. The van der Waals surface area contributed by atoms with Gasteiger partial charge in [-0.2, -0.15) is 0 Å². The first-order valence-electron chi connectivity index (χ1n) is 18.3. The summed E-state index contributed by atoms with van der Waals surface area (Å²) in [6.07, 6.45) is 15.1. The third kappa shape index (κ3) is 5.22. The smallest absolute Gasteiger partial charge is 0.0273 e. The minimum absolute atomic E-state index is 0.0476. The molecule has 0 amide bonds. The van der Waals surface area contributed by atoms with E-state index in [4.69, 9.17) is 0 Å². The summed E-state index contributed by atoms with van der Waals surface area (Å²) >= 11 is 0. The lowest BCUT2D eigenvalue weighted by Crippen LogP contribution is -2.25. The van der Waals surface area contributed by atoms with Crippen LogP contribution in [0, 0.1) is 0 Å². The van der Waals surface area contributed by atoms with E-state index in [1.54, 1.807) is 0 Å². The van der Waals surface area contributed by atoms with Crippen LogP contribution in [0.1, 0.15) is 78.6 Å². The molecular weight excluding hydrogens is 657 g/mol. The molecule has 0 saturated heterocycles. The van der Waals surface area contributed by atoms with E-state index >= 15 is 0 Å². The Morgan fingerprint density at radius 3 is 0.741 bits per heavy atom. The maximum Gasteiger partial charge on any atom is 0.0273 e. The van der Waals surface area contributed by atoms with Gasteiger partial charge in [-0.25, -0.2) is 0 Å². The topological polar surface area (TPSA) is 51.6 Å². The van der Waals surface area contributed by atoms with Crippen molar-refractivity contribution >= 4 is 22.3 Å². The maximum absolute atomic E-state index is 4.38. The molecule has 4 aromatic carbocycles. The van der Waals surface area contributed by atoms with Gasteiger partial charge in [0.25, 0.3) is 0 Å². The van der Waals surface area contributed by atoms with Gasteiger partial charge in [-0.05, 0) is 138 Å². The highest BCUT2D eigenvalue weighted by molar-refractivity contribution is 6.09. The monoisotopic (exact) mass is 690 g/mol. The molecule has 0 N–H and O–H groups in total. The predicted molar refractivity (Wildman–Crippen MR) is 216 cm³/mol. The molecule has 0 spiro atoms. The van der Waals surface area contributed by atoms with E-state index in [1.807, 2.05) is 49.6 Å². The van der Waals surface area contributed by atoms with E-state index in [0.717, 1.165) is 22.3 Å². The van der Waals surface area contributed by atoms with Gasteiger partial charge < -0.3 is 0 Å². The van der Waals surface area contributed by atoms with E-state index in [9.17, 15) is 0 Å². The van der Waals surface area contributed by atoms with Gasteiger partial charge in [-0.15, -0.1) is 0 Å². The van der Waals surface area contributed by atoms with Gasteiger partial charge in [0, 0.05) is 61.4 Å². The number of fused-ring (bicyclic) bond motifs is 4. The summed E-state index contributed by atoms with van der Waals surface area (Å²) in [7, 11) is 0. The van der Waals surface area contributed by atoms with Gasteiger partial charge in [0.2, 0.25) is 0 Å². The summed E-state index contributed by atoms with van der Waals surface area (Å²) in [5.41, 5.74) is 19.5. The van der Waals surface area contributed by atoms with Crippen LogP contribution < -0.4 is 0 Å². The number of aromatic nitrogens is 4. The molecular formula is C50H34N4. The quantitative estimate of drug-likeness (QED) is 0.180. The van der Waals surface area contributed by atoms with Crippen molar-refractivity contribution in [3.63, 3.8) is 0 Å². The first-order valence-corrected chi connectivity index (χ1v) is 18.3. The Kier molecular flexibility index (Phi) is 7.92. The molecule has 2 aliphatic carbocycles. The van der Waals surface area contributed by atoms with Crippen LogP contribution in [0.15, 0.2) is 195 Å². The molecule has 0 saturated carbocycles. The molecule has 4 nitrogen and oxygen atoms in total. The van der Waals surface area contributed by atoms with Crippen LogP contribution in [0.2, 0.25) is 0 Å². The Bertz CT molecular complexity index is 2330. The van der Waals surface area contributed by atoms with Crippen LogP contribution >= 0.6 is 0 Å². The number of nitrogens with zero attached hydrogens (tertiary/aromatic N) is 4. The fraction of sp³-hybridized carbons (Fsp3) is 0.0400. The first-order chi connectivity index (χ1) is 26.9. The van der Waals surface area contributed by atoms with E-state index in [0.29, 0.717) is 0 Å². The molecule has 4 aromatic heterocycles. The number of hydrogen-bond donors (Lipinski definition) is 0. The SMILES string of the molecule is c1ccc2c(c1)C(=C(c1ccncc1)c1ccncc1)c1ccccc1C2C1c2ccccc2C(=C(c2ccncc2)c2ccncc2)c2ccccc21. The van der Waals surface area contributed by atoms with Gasteiger partial charge in [0.1, 0.15) is 0 Å². The van der Waals surface area contributed by atoms with Crippen LogP contribution in [0.4, 0.5) is 0 Å². The summed E-state index contributed by atoms with van der Waals surface area (Å²) in [4.78, 5) is 17.5. The average Bonchev–Trinajstić information content (AvgIpc) is 3.25. The molecule has 0 radical (unpaired) electrons. The van der Waals surface area contributed by atoms with Crippen molar-refractivity contribution in [3.05, 3.63) is 262 Å². The lowest BCUT2D eigenvalue weighted by atomic mass is 9.62. The summed E-state index contributed by atoms with van der Waals surface area (Å²) in [6, 6.07) is 53.1. The Balaban J connectivity index is 1.28. The molecule has 0 atom stereocenters. The van der Waals surface area contributed by atoms with E-state index in [2.05, 4.69) is 166 Å². The molecule has 0 aliphatic heterocycles. The van der Waals surface area contributed by atoms with Gasteiger partial charge in [0.15, 0.2) is 0 Å². The van der Waals surface area contributed by atoms with Crippen molar-refractivity contribution in [2.45, 2.75) is 11.8 Å². The second kappa shape index (κ2) is 13.5. The van der Waals surface area contributed by atoms with Crippen LogP contribution in [0.3, 0.4) is 0 Å². The third-order valence-corrected chi connectivity index (χ3v) is 11.0. The largest absolute Gasteiger partial charge is 0.265 e. The second-order valence-electron chi connectivity index (χ2n) is 13.7. The van der Waals surface area contributed by atoms with Crippen molar-refractivity contribution in [1.29, 1.82) is 0 Å². The van der Waals surface area contributed by atoms with Crippen LogP contribution in [0.25, 0.3) is 22.3 Å². The Morgan fingerprint density at radius 1 is 0.278 bits per heavy atom. The van der Waals surface area contributed by atoms with Crippen LogP contribution in [0.5, 0.6) is 0 Å². The summed E-state index contributed by atoms with van der Waals surface area (Å²) in [6.45, 7) is 0. The van der Waals surface area contributed by atoms with Crippen LogP contribution in [-0.2, 0) is 0 Å². The zero-order valence-electron chi connectivity index (χ0n) is 29.4. The van der Waals surface area contributed by atoms with E-state index < -0.39 is 0 Å². The van der Waals surface area contributed by atoms with Crippen molar-refractivity contribution in [2.24, 2.45) is 0 Å². The average molecular weight is 691 g/mol. The third-order valence-electron chi connectivity index (χ3n) is 11.0. The zero-order chi connectivity index (χ0) is 35.8. The van der Waals surface area contributed by atoms with Crippen molar-refractivity contribution in [3.8, 4) is 0 Å². The minimum Gasteiger partial charge on any atom is -0.265 e. The highest BCUT2D eigenvalue weighted by Crippen LogP contribution is 2.57. The number of pyridine rings is 4. The number of rotatable bonds is 5. The molecule has 54 heavy (non-hydrogen) atoms. The van der Waals surface area contributed by atoms with E-state index in [-0.39, 0.29) is 11.8 Å². The predicted octanol–water partition coefficient (Wildman–Crippen LogP) is 10.9. The summed E-state index contributed by atoms with van der Waals surface area (Å²) in [5.74, 6) is 0.0952. The molecule has 0 unspecified atom stereocenters. The summed E-state index contributed by atoms with van der Waals surface area (Å²) in [5, 5.41) is 0. The first kappa shape index (κ1) is 31.7. The molecule has 10 rings (SSSR count). The molecule has 2 aliphatic rings. The fourth-order valence-electron chi connectivity index (χ4n) is 8.85. The highest BCUT2D eigenvalue weighted by Gasteiger charge is 2.41. The Labute approximate surface area is 315 Å². The van der Waals surface area contributed by atoms with Gasteiger partial charge in [-0.1, -0.05) is 97.1 Å². The molecule has 4 heterocycles. The Morgan fingerprint density at radius 2 is 0.500 bits per heavy atom. The molecule has 254 valence electrons. The molecule has 8 aromatic rings. The van der Waals surface area contributed by atoms with Crippen LogP contribution in [-0.4, -0.2) is 19.9 Å². The van der Waals surface area contributed by atoms with E-state index in [1.165, 1.54) is 66.8 Å². The molecule has 0 fully saturated rings. The zero-order valence-corrected chi connectivity index (χ0v) is 29.4. The fourth-order valence-corrected chi connectivity index (χ4v) is 8.85. The number of benzene rings is 4. The van der Waals surface area contributed by atoms with Crippen molar-refractivity contribution in [2.75, 3.05) is 0 Å². The second-order valence-corrected chi connectivity index (χ2v) is 13.7. The highest BCUT2D eigenvalue weighted by atomic mass is 14.6. The lowest BCUT2D eigenvalue weighted by molar-refractivity contribution is 0.678. The lowest BCUT2D eigenvalue weighted by Gasteiger charge is -2.41. The maximum atomic E-state index is 4.38. The minimum atomic E-state index is 0.0476. The Hall–Kier alpha value is -7.04. The molecule has 4 heteroatoms. The van der Waals surface area contributed by atoms with Crippen molar-refractivity contribution in [1.82, 2.24) is 19.9 Å².